The van der Waals surface area contributed by atoms with Gasteiger partial charge in [0, 0.05) is 0 Å². The summed E-state index contributed by atoms with van der Waals surface area (Å²) in [5, 5.41) is 9.64. The van der Waals surface area contributed by atoms with Crippen LogP contribution >= 0.6 is 0 Å². The zero-order valence-electron chi connectivity index (χ0n) is 19.6. The van der Waals surface area contributed by atoms with Gasteiger partial charge >= 0.3 is 0 Å². The van der Waals surface area contributed by atoms with Gasteiger partial charge in [0.25, 0.3) is 0 Å². The highest BCUT2D eigenvalue weighted by Crippen LogP contribution is 2.43. The fraction of sp³-hybridized carbons (Fsp3) is 0.905. The van der Waals surface area contributed by atoms with Crippen LogP contribution in [0.15, 0.2) is 11.6 Å². The molecular weight excluding hydrogens is 356 g/mol. The van der Waals surface area contributed by atoms with Crippen LogP contribution in [0.4, 0.5) is 0 Å². The summed E-state index contributed by atoms with van der Waals surface area (Å²) in [4.78, 5) is 0. The van der Waals surface area contributed by atoms with E-state index in [1.54, 1.807) is 0 Å². The second-order valence-electron chi connectivity index (χ2n) is 10.2. The molecule has 0 aliphatic carbocycles. The Hall–Kier alpha value is 0.0538. The van der Waals surface area contributed by atoms with Crippen LogP contribution < -0.4 is 0 Å². The highest BCUT2D eigenvalue weighted by molar-refractivity contribution is 6.77. The fourth-order valence-corrected chi connectivity index (χ4v) is 10.5. The molecule has 1 atom stereocenters. The van der Waals surface area contributed by atoms with E-state index >= 15 is 0 Å². The average Bonchev–Trinajstić information content (AvgIpc) is 2.44. The smallest absolute Gasteiger partial charge is 0.200 e. The zero-order chi connectivity index (χ0) is 20.9. The predicted molar refractivity (Wildman–Crippen MR) is 120 cm³/mol. The van der Waals surface area contributed by atoms with Crippen LogP contribution in [0, 0.1) is 0 Å². The summed E-state index contributed by atoms with van der Waals surface area (Å²) in [5.74, 6) is 0. The van der Waals surface area contributed by atoms with Gasteiger partial charge in [0.05, 0.1) is 19.3 Å². The first-order chi connectivity index (χ1) is 11.6. The molecule has 0 saturated carbocycles. The molecule has 0 amide bonds. The summed E-state index contributed by atoms with van der Waals surface area (Å²) in [6.45, 7) is 27.8. The van der Waals surface area contributed by atoms with Crippen LogP contribution in [0.1, 0.15) is 69.2 Å². The average molecular weight is 403 g/mol. The molecule has 0 spiro atoms. The Kier molecular flexibility index (Phi) is 10.0. The summed E-state index contributed by atoms with van der Waals surface area (Å²) < 4.78 is 13.4. The lowest BCUT2D eigenvalue weighted by Crippen LogP contribution is -2.51. The van der Waals surface area contributed by atoms with Crippen LogP contribution in [0.5, 0.6) is 0 Å². The Morgan fingerprint density at radius 1 is 0.962 bits per heavy atom. The largest absolute Gasteiger partial charge is 0.413 e. The van der Waals surface area contributed by atoms with Crippen LogP contribution in [-0.2, 0) is 8.85 Å². The van der Waals surface area contributed by atoms with Crippen molar-refractivity contribution in [3.05, 3.63) is 11.6 Å². The van der Waals surface area contributed by atoms with Gasteiger partial charge in [0.2, 0.25) is 0 Å². The van der Waals surface area contributed by atoms with Gasteiger partial charge in [0.1, 0.15) is 0 Å². The molecule has 5 heteroatoms. The molecule has 0 fully saturated rings. The quantitative estimate of drug-likeness (QED) is 0.334. The highest BCUT2D eigenvalue weighted by Gasteiger charge is 2.46. The summed E-state index contributed by atoms with van der Waals surface area (Å²) in [7, 11) is -3.85. The van der Waals surface area contributed by atoms with Crippen molar-refractivity contribution in [3.8, 4) is 0 Å². The van der Waals surface area contributed by atoms with E-state index in [1.165, 1.54) is 0 Å². The second kappa shape index (κ2) is 10.0. The number of rotatable bonds is 10. The molecule has 0 aliphatic rings. The lowest BCUT2D eigenvalue weighted by Gasteiger charge is -2.44. The van der Waals surface area contributed by atoms with Crippen molar-refractivity contribution in [2.75, 3.05) is 13.2 Å². The van der Waals surface area contributed by atoms with Gasteiger partial charge in [-0.1, -0.05) is 68.4 Å². The minimum absolute atomic E-state index is 0.0679. The van der Waals surface area contributed by atoms with E-state index in [-0.39, 0.29) is 17.7 Å². The number of hydrogen-bond acceptors (Lipinski definition) is 3. The molecule has 0 rings (SSSR count). The fourth-order valence-electron chi connectivity index (χ4n) is 3.77. The van der Waals surface area contributed by atoms with Gasteiger partial charge in [-0.25, -0.2) is 0 Å². The molecule has 0 heterocycles. The number of aliphatic hydroxyl groups excluding tert-OH is 1. The Labute approximate surface area is 165 Å². The molecule has 0 aromatic heterocycles. The molecule has 0 radical (unpaired) electrons. The standard InChI is InChI=1S/C21H46O3Si2/c1-16(2)26(17(3)4,18(5)6)23-15-20(13-19(7)14-22)24-25(11,12)21(8,9)10/h13,16-18,20,22H,14-15H2,1-12H3/b19-13+/t20-/m0/s1. The molecule has 0 aromatic rings. The first kappa shape index (κ1) is 26.1. The van der Waals surface area contributed by atoms with Gasteiger partial charge in [-0.2, -0.15) is 0 Å². The van der Waals surface area contributed by atoms with Crippen molar-refractivity contribution < 1.29 is 14.0 Å². The van der Waals surface area contributed by atoms with Crippen LogP contribution in [0.3, 0.4) is 0 Å². The summed E-state index contributed by atoms with van der Waals surface area (Å²) in [6, 6.07) is 0. The van der Waals surface area contributed by atoms with Crippen molar-refractivity contribution in [1.29, 1.82) is 0 Å². The zero-order valence-corrected chi connectivity index (χ0v) is 21.6. The third kappa shape index (κ3) is 6.59. The van der Waals surface area contributed by atoms with E-state index in [1.807, 2.05) is 6.92 Å². The minimum atomic E-state index is -1.93. The van der Waals surface area contributed by atoms with Gasteiger partial charge in [-0.05, 0) is 47.3 Å². The topological polar surface area (TPSA) is 38.7 Å². The van der Waals surface area contributed by atoms with E-state index in [9.17, 15) is 5.11 Å². The number of hydrogen-bond donors (Lipinski definition) is 1. The Morgan fingerprint density at radius 3 is 1.69 bits per heavy atom. The first-order valence-electron chi connectivity index (χ1n) is 10.2. The summed E-state index contributed by atoms with van der Waals surface area (Å²) >= 11 is 0. The van der Waals surface area contributed by atoms with Crippen LogP contribution in [0.25, 0.3) is 0 Å². The van der Waals surface area contributed by atoms with E-state index in [4.69, 9.17) is 8.85 Å². The van der Waals surface area contributed by atoms with E-state index in [0.29, 0.717) is 23.2 Å². The molecule has 156 valence electrons. The maximum Gasteiger partial charge on any atom is 0.200 e. The molecule has 0 aliphatic heterocycles. The lowest BCUT2D eigenvalue weighted by molar-refractivity contribution is 0.136. The third-order valence-corrected chi connectivity index (χ3v) is 16.8. The van der Waals surface area contributed by atoms with Gasteiger partial charge in [0.15, 0.2) is 16.6 Å². The molecule has 0 unspecified atom stereocenters. The third-order valence-electron chi connectivity index (χ3n) is 6.18. The molecule has 0 saturated heterocycles. The minimum Gasteiger partial charge on any atom is -0.413 e. The van der Waals surface area contributed by atoms with Crippen molar-refractivity contribution in [2.24, 2.45) is 0 Å². The van der Waals surface area contributed by atoms with Crippen molar-refractivity contribution in [2.45, 2.75) is 110 Å². The normalized spacial score (nSPS) is 16.1. The van der Waals surface area contributed by atoms with Crippen LogP contribution in [-0.4, -0.2) is 41.1 Å². The SMILES string of the molecule is C/C(=C\[C@@H](CO[Si](C(C)C)(C(C)C)C(C)C)O[Si](C)(C)C(C)(C)C)CO. The predicted octanol–water partition coefficient (Wildman–Crippen LogP) is 6.51. The Morgan fingerprint density at radius 2 is 1.38 bits per heavy atom. The van der Waals surface area contributed by atoms with E-state index in [2.05, 4.69) is 81.5 Å². The van der Waals surface area contributed by atoms with Crippen molar-refractivity contribution >= 4 is 16.6 Å². The molecule has 3 nitrogen and oxygen atoms in total. The first-order valence-corrected chi connectivity index (χ1v) is 15.3. The molecular formula is C21H46O3Si2. The molecule has 26 heavy (non-hydrogen) atoms. The lowest BCUT2D eigenvalue weighted by atomic mass is 10.2. The molecule has 0 bridgehead atoms. The van der Waals surface area contributed by atoms with Crippen molar-refractivity contribution in [3.63, 3.8) is 0 Å². The van der Waals surface area contributed by atoms with Crippen LogP contribution in [0.2, 0.25) is 34.8 Å². The molecule has 0 aromatic carbocycles. The molecule has 1 N–H and O–H groups in total. The second-order valence-corrected chi connectivity index (χ2v) is 20.4. The monoisotopic (exact) mass is 402 g/mol. The maximum absolute atomic E-state index is 9.49. The summed E-state index contributed by atoms with van der Waals surface area (Å²) in [6.07, 6.45) is 1.98. The van der Waals surface area contributed by atoms with E-state index < -0.39 is 16.6 Å². The van der Waals surface area contributed by atoms with Gasteiger partial charge in [-0.3, -0.25) is 0 Å². The highest BCUT2D eigenvalue weighted by atomic mass is 28.4. The Balaban J connectivity index is 5.62. The van der Waals surface area contributed by atoms with Gasteiger partial charge < -0.3 is 14.0 Å². The number of aliphatic hydroxyl groups is 1. The maximum atomic E-state index is 9.49. The van der Waals surface area contributed by atoms with Gasteiger partial charge in [-0.15, -0.1) is 0 Å². The van der Waals surface area contributed by atoms with Crippen molar-refractivity contribution in [1.82, 2.24) is 0 Å². The Bertz CT molecular complexity index is 427. The summed E-state index contributed by atoms with van der Waals surface area (Å²) in [5.41, 5.74) is 2.61. The van der Waals surface area contributed by atoms with E-state index in [0.717, 1.165) is 5.57 Å².